The molecule has 1 aliphatic heterocycles. The molecule has 0 saturated carbocycles. The molecule has 136 valence electrons. The van der Waals surface area contributed by atoms with E-state index < -0.39 is 10.2 Å². The number of aromatic amines is 1. The van der Waals surface area contributed by atoms with E-state index in [0.29, 0.717) is 13.1 Å². The molecule has 0 spiro atoms. The second-order valence-corrected chi connectivity index (χ2v) is 8.85. The van der Waals surface area contributed by atoms with Crippen LogP contribution in [-0.4, -0.2) is 64.4 Å². The van der Waals surface area contributed by atoms with Gasteiger partial charge in [-0.3, -0.25) is 15.1 Å². The van der Waals surface area contributed by atoms with Gasteiger partial charge >= 0.3 is 0 Å². The Morgan fingerprint density at radius 2 is 2.04 bits per heavy atom. The van der Waals surface area contributed by atoms with Crippen molar-refractivity contribution in [2.75, 3.05) is 27.2 Å². The van der Waals surface area contributed by atoms with Crippen molar-refractivity contribution in [1.82, 2.24) is 28.8 Å². The maximum atomic E-state index is 12.2. The van der Waals surface area contributed by atoms with Gasteiger partial charge in [-0.05, 0) is 32.6 Å². The third-order valence-corrected chi connectivity index (χ3v) is 6.53. The summed E-state index contributed by atoms with van der Waals surface area (Å²) in [5.41, 5.74) is 4.55. The molecule has 1 fully saturated rings. The van der Waals surface area contributed by atoms with Crippen LogP contribution in [0.15, 0.2) is 12.4 Å². The summed E-state index contributed by atoms with van der Waals surface area (Å²) in [6, 6.07) is 0. The highest BCUT2D eigenvalue weighted by molar-refractivity contribution is 7.86. The molecule has 0 bridgehead atoms. The van der Waals surface area contributed by atoms with Gasteiger partial charge in [0.05, 0.1) is 23.3 Å². The number of rotatable bonds is 5. The fraction of sp³-hybridized carbons (Fsp3) is 0.562. The van der Waals surface area contributed by atoms with Crippen LogP contribution in [0.25, 0.3) is 11.3 Å². The first-order valence-corrected chi connectivity index (χ1v) is 9.69. The van der Waals surface area contributed by atoms with E-state index in [1.165, 1.54) is 8.61 Å². The molecule has 0 unspecified atom stereocenters. The van der Waals surface area contributed by atoms with Gasteiger partial charge in [0.15, 0.2) is 0 Å². The van der Waals surface area contributed by atoms with E-state index in [-0.39, 0.29) is 5.92 Å². The Morgan fingerprint density at radius 1 is 1.28 bits per heavy atom. The van der Waals surface area contributed by atoms with E-state index in [1.807, 2.05) is 13.8 Å². The average Bonchev–Trinajstić information content (AvgIpc) is 3.16. The Balaban J connectivity index is 1.67. The van der Waals surface area contributed by atoms with Crippen LogP contribution in [-0.2, 0) is 16.6 Å². The van der Waals surface area contributed by atoms with Crippen molar-refractivity contribution in [2.45, 2.75) is 26.7 Å². The van der Waals surface area contributed by atoms with E-state index in [2.05, 4.69) is 20.2 Å². The summed E-state index contributed by atoms with van der Waals surface area (Å²) in [4.78, 5) is 9.04. The zero-order chi connectivity index (χ0) is 18.2. The minimum Gasteiger partial charge on any atom is -0.282 e. The lowest BCUT2D eigenvalue weighted by molar-refractivity contribution is 0.409. The molecule has 1 atom stereocenters. The minimum atomic E-state index is -3.33. The van der Waals surface area contributed by atoms with Crippen molar-refractivity contribution in [3.63, 3.8) is 0 Å². The standard InChI is InChI=1S/C16H24N6O2S/c1-11-16(12(2)20-19-11)15-9-17-14(8-18-15)7-13-5-6-22(10-13)25(23,24)21(3)4/h8-9,13H,5-7,10H2,1-4H3,(H,19,20)/t13-/m1/s1. The van der Waals surface area contributed by atoms with Crippen LogP contribution >= 0.6 is 0 Å². The molecule has 0 amide bonds. The smallest absolute Gasteiger partial charge is 0.281 e. The molecule has 0 aliphatic carbocycles. The van der Waals surface area contributed by atoms with E-state index in [9.17, 15) is 8.42 Å². The van der Waals surface area contributed by atoms with Crippen molar-refractivity contribution >= 4 is 10.2 Å². The third kappa shape index (κ3) is 3.58. The van der Waals surface area contributed by atoms with Gasteiger partial charge in [-0.15, -0.1) is 0 Å². The maximum Gasteiger partial charge on any atom is 0.281 e. The summed E-state index contributed by atoms with van der Waals surface area (Å²) in [5.74, 6) is 0.271. The zero-order valence-electron chi connectivity index (χ0n) is 15.0. The molecule has 0 aromatic carbocycles. The number of aromatic nitrogens is 4. The summed E-state index contributed by atoms with van der Waals surface area (Å²) in [5, 5.41) is 7.14. The highest BCUT2D eigenvalue weighted by Gasteiger charge is 2.32. The topological polar surface area (TPSA) is 95.1 Å². The summed E-state index contributed by atoms with van der Waals surface area (Å²) in [7, 11) is -0.203. The van der Waals surface area contributed by atoms with Crippen LogP contribution in [0.4, 0.5) is 0 Å². The third-order valence-electron chi connectivity index (χ3n) is 4.62. The van der Waals surface area contributed by atoms with Crippen LogP contribution in [0.1, 0.15) is 23.5 Å². The quantitative estimate of drug-likeness (QED) is 0.859. The lowest BCUT2D eigenvalue weighted by atomic mass is 10.0. The van der Waals surface area contributed by atoms with Crippen LogP contribution in [0.2, 0.25) is 0 Å². The molecule has 1 aliphatic rings. The van der Waals surface area contributed by atoms with Crippen LogP contribution in [0, 0.1) is 19.8 Å². The molecule has 9 heteroatoms. The monoisotopic (exact) mass is 364 g/mol. The molecule has 2 aromatic rings. The summed E-state index contributed by atoms with van der Waals surface area (Å²) < 4.78 is 27.2. The first-order chi connectivity index (χ1) is 11.8. The van der Waals surface area contributed by atoms with Gasteiger partial charge in [-0.2, -0.15) is 22.1 Å². The molecular weight excluding hydrogens is 340 g/mol. The van der Waals surface area contributed by atoms with Gasteiger partial charge in [0.25, 0.3) is 10.2 Å². The summed E-state index contributed by atoms with van der Waals surface area (Å²) in [6.45, 7) is 4.99. The van der Waals surface area contributed by atoms with Crippen LogP contribution < -0.4 is 0 Å². The second kappa shape index (κ2) is 6.81. The van der Waals surface area contributed by atoms with Gasteiger partial charge in [-0.1, -0.05) is 0 Å². The second-order valence-electron chi connectivity index (χ2n) is 6.71. The van der Waals surface area contributed by atoms with Gasteiger partial charge in [-0.25, -0.2) is 0 Å². The number of nitrogens with one attached hydrogen (secondary N) is 1. The normalized spacial score (nSPS) is 19.0. The lowest BCUT2D eigenvalue weighted by Crippen LogP contribution is -2.38. The molecular formula is C16H24N6O2S. The number of H-pyrrole nitrogens is 1. The molecule has 3 heterocycles. The number of hydrogen-bond donors (Lipinski definition) is 1. The van der Waals surface area contributed by atoms with Crippen molar-refractivity contribution in [1.29, 1.82) is 0 Å². The Kier molecular flexibility index (Phi) is 4.90. The maximum absolute atomic E-state index is 12.2. The first-order valence-electron chi connectivity index (χ1n) is 8.29. The predicted octanol–water partition coefficient (Wildman–Crippen LogP) is 1.15. The molecule has 25 heavy (non-hydrogen) atoms. The van der Waals surface area contributed by atoms with E-state index in [1.54, 1.807) is 26.5 Å². The molecule has 2 aromatic heterocycles. The van der Waals surface area contributed by atoms with E-state index in [0.717, 1.165) is 41.2 Å². The van der Waals surface area contributed by atoms with E-state index in [4.69, 9.17) is 0 Å². The molecule has 1 N–H and O–H groups in total. The highest BCUT2D eigenvalue weighted by atomic mass is 32.2. The summed E-state index contributed by atoms with van der Waals surface area (Å²) in [6.07, 6.45) is 5.13. The fourth-order valence-corrected chi connectivity index (χ4v) is 4.41. The van der Waals surface area contributed by atoms with Gasteiger partial charge in [0.2, 0.25) is 0 Å². The lowest BCUT2D eigenvalue weighted by Gasteiger charge is -2.20. The molecule has 3 rings (SSSR count). The van der Waals surface area contributed by atoms with E-state index >= 15 is 0 Å². The van der Waals surface area contributed by atoms with Crippen molar-refractivity contribution in [3.05, 3.63) is 29.5 Å². The highest BCUT2D eigenvalue weighted by Crippen LogP contribution is 2.25. The Morgan fingerprint density at radius 3 is 2.60 bits per heavy atom. The van der Waals surface area contributed by atoms with Gasteiger partial charge < -0.3 is 0 Å². The van der Waals surface area contributed by atoms with Crippen LogP contribution in [0.5, 0.6) is 0 Å². The predicted molar refractivity (Wildman–Crippen MR) is 95.1 cm³/mol. The van der Waals surface area contributed by atoms with Crippen LogP contribution in [0.3, 0.4) is 0 Å². The molecule has 1 saturated heterocycles. The fourth-order valence-electron chi connectivity index (χ4n) is 3.22. The first kappa shape index (κ1) is 18.0. The SMILES string of the molecule is Cc1n[nH]c(C)c1-c1cnc(C[C@H]2CCN(S(=O)(=O)N(C)C)C2)cn1. The minimum absolute atomic E-state index is 0.271. The summed E-state index contributed by atoms with van der Waals surface area (Å²) >= 11 is 0. The Labute approximate surface area is 148 Å². The van der Waals surface area contributed by atoms with Crippen molar-refractivity contribution in [2.24, 2.45) is 5.92 Å². The average molecular weight is 364 g/mol. The van der Waals surface area contributed by atoms with Crippen molar-refractivity contribution < 1.29 is 8.42 Å². The Bertz CT molecular complexity index is 825. The van der Waals surface area contributed by atoms with Gasteiger partial charge in [0.1, 0.15) is 0 Å². The van der Waals surface area contributed by atoms with Crippen molar-refractivity contribution in [3.8, 4) is 11.3 Å². The molecule has 0 radical (unpaired) electrons. The number of hydrogen-bond acceptors (Lipinski definition) is 5. The zero-order valence-corrected chi connectivity index (χ0v) is 15.8. The molecule has 8 nitrogen and oxygen atoms in total. The Hall–Kier alpha value is -1.84. The largest absolute Gasteiger partial charge is 0.282 e. The van der Waals surface area contributed by atoms with Gasteiger partial charge in [0, 0.05) is 44.6 Å². The number of aryl methyl sites for hydroxylation is 2. The number of nitrogens with zero attached hydrogens (tertiary/aromatic N) is 5.